The first kappa shape index (κ1) is 29.2. The van der Waals surface area contributed by atoms with Gasteiger partial charge in [0.05, 0.1) is 5.69 Å². The molecule has 0 atom stereocenters. The number of pyridine rings is 1. The van der Waals surface area contributed by atoms with Gasteiger partial charge in [-0.1, -0.05) is 12.1 Å². The molecule has 3 aromatic rings. The van der Waals surface area contributed by atoms with E-state index in [0.29, 0.717) is 37.0 Å². The van der Waals surface area contributed by atoms with Gasteiger partial charge < -0.3 is 25.6 Å². The largest absolute Gasteiger partial charge is 0.444 e. The standard InChI is InChI=1S/C31H38FN7O3/c1-19(2)34-27(40)23-16-33-28(38-26(23)37-25-8-6-7-24(36-25)31(18-32)12-13-31)35-22-10-9-21-17-39(14-11-20(21)15-22)29(41)42-30(3,4)5/h6-10,15-16,19H,11-14,17-18H2,1-5H3,(H,34,40)(H2,33,35,36,37,38). The molecule has 3 heterocycles. The molecule has 2 aliphatic rings. The van der Waals surface area contributed by atoms with Crippen LogP contribution < -0.4 is 16.0 Å². The Hall–Kier alpha value is -4.28. The molecule has 11 heteroatoms. The third-order valence-electron chi connectivity index (χ3n) is 7.23. The normalized spacial score (nSPS) is 15.5. The van der Waals surface area contributed by atoms with Crippen LogP contribution in [0.4, 0.5) is 32.5 Å². The summed E-state index contributed by atoms with van der Waals surface area (Å²) in [6, 6.07) is 11.3. The Kier molecular flexibility index (Phi) is 8.03. The number of rotatable bonds is 8. The Labute approximate surface area is 245 Å². The van der Waals surface area contributed by atoms with Crippen molar-refractivity contribution in [1.82, 2.24) is 25.2 Å². The van der Waals surface area contributed by atoms with Gasteiger partial charge in [-0.15, -0.1) is 0 Å². The topological polar surface area (TPSA) is 121 Å². The Bertz CT molecular complexity index is 1480. The van der Waals surface area contributed by atoms with Crippen molar-refractivity contribution in [2.24, 2.45) is 0 Å². The molecule has 222 valence electrons. The van der Waals surface area contributed by atoms with Crippen LogP contribution in [-0.2, 0) is 23.1 Å². The molecule has 3 N–H and O–H groups in total. The van der Waals surface area contributed by atoms with E-state index in [1.165, 1.54) is 6.20 Å². The van der Waals surface area contributed by atoms with Crippen LogP contribution in [0.3, 0.4) is 0 Å². The van der Waals surface area contributed by atoms with Crippen molar-refractivity contribution in [3.63, 3.8) is 0 Å². The summed E-state index contributed by atoms with van der Waals surface area (Å²) in [6.45, 7) is 9.91. The third-order valence-corrected chi connectivity index (χ3v) is 7.23. The van der Waals surface area contributed by atoms with Crippen LogP contribution >= 0.6 is 0 Å². The molecule has 2 amide bonds. The number of aromatic nitrogens is 3. The van der Waals surface area contributed by atoms with E-state index in [2.05, 4.69) is 30.9 Å². The molecule has 0 spiro atoms. The number of anilines is 4. The molecule has 1 aromatic carbocycles. The molecule has 1 saturated carbocycles. The zero-order valence-electron chi connectivity index (χ0n) is 24.8. The van der Waals surface area contributed by atoms with Crippen LogP contribution in [0.1, 0.15) is 74.6 Å². The molecule has 0 bridgehead atoms. The highest BCUT2D eigenvalue weighted by Gasteiger charge is 2.46. The highest BCUT2D eigenvalue weighted by Crippen LogP contribution is 2.47. The first-order valence-corrected chi connectivity index (χ1v) is 14.3. The Morgan fingerprint density at radius 2 is 1.88 bits per heavy atom. The fourth-order valence-corrected chi connectivity index (χ4v) is 4.82. The number of ether oxygens (including phenoxy) is 1. The van der Waals surface area contributed by atoms with E-state index in [1.807, 2.05) is 65.0 Å². The summed E-state index contributed by atoms with van der Waals surface area (Å²) in [7, 11) is 0. The minimum atomic E-state index is -0.545. The first-order chi connectivity index (χ1) is 19.9. The van der Waals surface area contributed by atoms with Gasteiger partial charge in [-0.05, 0) is 89.3 Å². The molecule has 1 aliphatic heterocycles. The summed E-state index contributed by atoms with van der Waals surface area (Å²) in [5, 5.41) is 9.28. The fraction of sp³-hybridized carbons (Fsp3) is 0.452. The fourth-order valence-electron chi connectivity index (χ4n) is 4.82. The maximum atomic E-state index is 13.7. The van der Waals surface area contributed by atoms with E-state index < -0.39 is 17.7 Å². The van der Waals surface area contributed by atoms with Gasteiger partial charge in [-0.3, -0.25) is 9.18 Å². The molecular weight excluding hydrogens is 537 g/mol. The van der Waals surface area contributed by atoms with Gasteiger partial charge in [0.25, 0.3) is 5.91 Å². The monoisotopic (exact) mass is 575 g/mol. The average Bonchev–Trinajstić information content (AvgIpc) is 3.73. The smallest absolute Gasteiger partial charge is 0.410 e. The average molecular weight is 576 g/mol. The summed E-state index contributed by atoms with van der Waals surface area (Å²) in [5.74, 6) is 0.731. The molecule has 0 radical (unpaired) electrons. The van der Waals surface area contributed by atoms with E-state index in [-0.39, 0.29) is 29.4 Å². The second-order valence-corrected chi connectivity index (χ2v) is 12.3. The predicted molar refractivity (Wildman–Crippen MR) is 159 cm³/mol. The van der Waals surface area contributed by atoms with Crippen LogP contribution in [0.5, 0.6) is 0 Å². The summed E-state index contributed by atoms with van der Waals surface area (Å²) in [4.78, 5) is 40.9. The summed E-state index contributed by atoms with van der Waals surface area (Å²) in [6.07, 6.45) is 3.38. The minimum Gasteiger partial charge on any atom is -0.444 e. The Morgan fingerprint density at radius 1 is 1.10 bits per heavy atom. The van der Waals surface area contributed by atoms with E-state index in [4.69, 9.17) is 4.74 Å². The maximum absolute atomic E-state index is 13.7. The van der Waals surface area contributed by atoms with Gasteiger partial charge in [-0.25, -0.2) is 14.8 Å². The second kappa shape index (κ2) is 11.5. The number of hydrogen-bond acceptors (Lipinski definition) is 8. The number of fused-ring (bicyclic) bond motifs is 1. The van der Waals surface area contributed by atoms with Gasteiger partial charge in [0.2, 0.25) is 5.95 Å². The van der Waals surface area contributed by atoms with Gasteiger partial charge in [0.1, 0.15) is 29.5 Å². The number of amides is 2. The van der Waals surface area contributed by atoms with E-state index >= 15 is 0 Å². The molecule has 1 aliphatic carbocycles. The molecule has 0 unspecified atom stereocenters. The summed E-state index contributed by atoms with van der Waals surface area (Å²) in [5.41, 5.74) is 2.85. The summed E-state index contributed by atoms with van der Waals surface area (Å²) < 4.78 is 19.2. The van der Waals surface area contributed by atoms with E-state index in [1.54, 1.807) is 11.0 Å². The van der Waals surface area contributed by atoms with Crippen LogP contribution in [0.15, 0.2) is 42.6 Å². The van der Waals surface area contributed by atoms with Crippen LogP contribution in [-0.4, -0.2) is 56.7 Å². The highest BCUT2D eigenvalue weighted by atomic mass is 19.1. The molecule has 10 nitrogen and oxygen atoms in total. The first-order valence-electron chi connectivity index (χ1n) is 14.3. The van der Waals surface area contributed by atoms with Gasteiger partial charge in [0.15, 0.2) is 0 Å². The molecule has 1 fully saturated rings. The minimum absolute atomic E-state index is 0.0781. The van der Waals surface area contributed by atoms with Crippen LogP contribution in [0.25, 0.3) is 0 Å². The number of nitrogens with zero attached hydrogens (tertiary/aromatic N) is 4. The van der Waals surface area contributed by atoms with Crippen molar-refractivity contribution >= 4 is 35.3 Å². The number of carbonyl (C=O) groups excluding carboxylic acids is 2. The number of alkyl halides is 1. The van der Waals surface area contributed by atoms with Crippen molar-refractivity contribution in [1.29, 1.82) is 0 Å². The van der Waals surface area contributed by atoms with Crippen molar-refractivity contribution in [3.05, 3.63) is 65.0 Å². The van der Waals surface area contributed by atoms with E-state index in [0.717, 1.165) is 29.7 Å². The molecule has 0 saturated heterocycles. The maximum Gasteiger partial charge on any atom is 0.410 e. The third kappa shape index (κ3) is 6.78. The number of carbonyl (C=O) groups is 2. The number of hydrogen-bond donors (Lipinski definition) is 3. The lowest BCUT2D eigenvalue weighted by Gasteiger charge is -2.31. The Morgan fingerprint density at radius 3 is 2.57 bits per heavy atom. The lowest BCUT2D eigenvalue weighted by Crippen LogP contribution is -2.39. The predicted octanol–water partition coefficient (Wildman–Crippen LogP) is 5.79. The van der Waals surface area contributed by atoms with Crippen LogP contribution in [0, 0.1) is 0 Å². The number of benzene rings is 1. The Balaban J connectivity index is 1.36. The van der Waals surface area contributed by atoms with Crippen molar-refractivity contribution in [2.75, 3.05) is 23.9 Å². The molecule has 42 heavy (non-hydrogen) atoms. The van der Waals surface area contributed by atoms with Crippen molar-refractivity contribution in [3.8, 4) is 0 Å². The SMILES string of the molecule is CC(C)NC(=O)c1cnc(Nc2ccc3c(c2)CCN(C(=O)OC(C)(C)C)C3)nc1Nc1cccc(C2(CF)CC2)n1. The molecular formula is C31H38FN7O3. The second-order valence-electron chi connectivity index (χ2n) is 12.3. The van der Waals surface area contributed by atoms with Crippen molar-refractivity contribution < 1.29 is 18.7 Å². The molecule has 5 rings (SSSR count). The lowest BCUT2D eigenvalue weighted by atomic mass is 9.99. The van der Waals surface area contributed by atoms with Gasteiger partial charge in [0, 0.05) is 36.4 Å². The van der Waals surface area contributed by atoms with Crippen molar-refractivity contribution in [2.45, 2.75) is 77.5 Å². The molecule has 2 aromatic heterocycles. The number of nitrogens with one attached hydrogen (secondary N) is 3. The van der Waals surface area contributed by atoms with Gasteiger partial charge >= 0.3 is 6.09 Å². The quantitative estimate of drug-likeness (QED) is 0.309. The number of halogens is 1. The van der Waals surface area contributed by atoms with Gasteiger partial charge in [-0.2, -0.15) is 4.98 Å². The zero-order chi connectivity index (χ0) is 30.1. The van der Waals surface area contributed by atoms with Crippen LogP contribution in [0.2, 0.25) is 0 Å². The zero-order valence-corrected chi connectivity index (χ0v) is 24.8. The lowest BCUT2D eigenvalue weighted by molar-refractivity contribution is 0.0224. The summed E-state index contributed by atoms with van der Waals surface area (Å²) >= 11 is 0. The highest BCUT2D eigenvalue weighted by molar-refractivity contribution is 5.99. The van der Waals surface area contributed by atoms with E-state index in [9.17, 15) is 14.0 Å².